The van der Waals surface area contributed by atoms with E-state index in [1.165, 1.54) is 20.0 Å². The molecule has 0 radical (unpaired) electrons. The minimum Gasteiger partial charge on any atom is -0.468 e. The second kappa shape index (κ2) is 6.97. The topological polar surface area (TPSA) is 71.9 Å². The summed E-state index contributed by atoms with van der Waals surface area (Å²) in [5, 5.41) is 0. The van der Waals surface area contributed by atoms with Crippen molar-refractivity contribution in [3.8, 4) is 0 Å². The first-order valence-corrected chi connectivity index (χ1v) is 10.8. The Kier molecular flexibility index (Phi) is 4.53. The summed E-state index contributed by atoms with van der Waals surface area (Å²) in [5.41, 5.74) is 1.11. The molecule has 3 fully saturated rings. The fourth-order valence-corrected chi connectivity index (χ4v) is 5.59. The second-order valence-electron chi connectivity index (χ2n) is 9.26. The second-order valence-corrected chi connectivity index (χ2v) is 9.26. The highest BCUT2D eigenvalue weighted by molar-refractivity contribution is 6.05. The molecule has 7 nitrogen and oxygen atoms in total. The fraction of sp³-hybridized carbons (Fsp3) is 0.682. The lowest BCUT2D eigenvalue weighted by Crippen LogP contribution is -2.52. The summed E-state index contributed by atoms with van der Waals surface area (Å²) < 4.78 is 6.84. The van der Waals surface area contributed by atoms with E-state index < -0.39 is 11.4 Å². The zero-order valence-corrected chi connectivity index (χ0v) is 17.1. The quantitative estimate of drug-likeness (QED) is 0.564. The Morgan fingerprint density at radius 3 is 2.59 bits per heavy atom. The molecule has 1 aromatic heterocycles. The van der Waals surface area contributed by atoms with Gasteiger partial charge in [0, 0.05) is 43.4 Å². The highest BCUT2D eigenvalue weighted by atomic mass is 16.5. The van der Waals surface area contributed by atoms with Gasteiger partial charge in [0.25, 0.3) is 5.56 Å². The maximum atomic E-state index is 13.1. The molecule has 0 spiro atoms. The van der Waals surface area contributed by atoms with Crippen LogP contribution >= 0.6 is 0 Å². The number of amides is 1. The molecule has 0 N–H and O–H groups in total. The number of hydrogen-bond acceptors (Lipinski definition) is 5. The van der Waals surface area contributed by atoms with Crippen LogP contribution in [0.3, 0.4) is 0 Å². The predicted molar refractivity (Wildman–Crippen MR) is 106 cm³/mol. The lowest BCUT2D eigenvalue weighted by molar-refractivity contribution is -0.157. The zero-order chi connectivity index (χ0) is 20.2. The van der Waals surface area contributed by atoms with E-state index in [0.717, 1.165) is 37.3 Å². The maximum absolute atomic E-state index is 13.1. The number of hydrogen-bond donors (Lipinski definition) is 0. The Labute approximate surface area is 170 Å². The van der Waals surface area contributed by atoms with Gasteiger partial charge in [-0.25, -0.2) is 0 Å². The average molecular weight is 399 g/mol. The van der Waals surface area contributed by atoms with Crippen LogP contribution in [0.5, 0.6) is 0 Å². The summed E-state index contributed by atoms with van der Waals surface area (Å²) in [6.45, 7) is 4.75. The normalized spacial score (nSPS) is 27.4. The Bertz CT molecular complexity index is 898. The summed E-state index contributed by atoms with van der Waals surface area (Å²) in [5.74, 6) is -0.0614. The first-order chi connectivity index (χ1) is 14.0. The standard InChI is InChI=1S/C22H29N3O4/c1-29-21(28)22(6-7-22)20(27)24-11-15-10-17(14-24)18-5-4-16(19(26)25(18)12-15)13-23-8-2-3-9-23/h4-5,15,17H,2-3,6-14H2,1H3/t15-,17+/m0/s1. The zero-order valence-electron chi connectivity index (χ0n) is 17.1. The molecule has 2 saturated heterocycles. The van der Waals surface area contributed by atoms with E-state index in [4.69, 9.17) is 4.74 Å². The van der Waals surface area contributed by atoms with Crippen molar-refractivity contribution in [3.63, 3.8) is 0 Å². The number of esters is 1. The predicted octanol–water partition coefficient (Wildman–Crippen LogP) is 1.34. The summed E-state index contributed by atoms with van der Waals surface area (Å²) in [6, 6.07) is 4.08. The van der Waals surface area contributed by atoms with Crippen LogP contribution < -0.4 is 5.56 Å². The van der Waals surface area contributed by atoms with E-state index in [9.17, 15) is 14.4 Å². The molecule has 29 heavy (non-hydrogen) atoms. The summed E-state index contributed by atoms with van der Waals surface area (Å²) >= 11 is 0. The van der Waals surface area contributed by atoms with Crippen molar-refractivity contribution in [1.29, 1.82) is 0 Å². The number of ether oxygens (including phenoxy) is 1. The first-order valence-electron chi connectivity index (χ1n) is 10.8. The molecule has 2 atom stereocenters. The monoisotopic (exact) mass is 399 g/mol. The number of carbonyl (C=O) groups is 2. The van der Waals surface area contributed by atoms with Gasteiger partial charge in [0.05, 0.1) is 7.11 Å². The van der Waals surface area contributed by atoms with E-state index in [1.54, 1.807) is 0 Å². The molecule has 1 saturated carbocycles. The Balaban J connectivity index is 1.37. The van der Waals surface area contributed by atoms with Crippen LogP contribution in [0.2, 0.25) is 0 Å². The van der Waals surface area contributed by atoms with E-state index in [-0.39, 0.29) is 23.3 Å². The van der Waals surface area contributed by atoms with Crippen LogP contribution in [0.15, 0.2) is 16.9 Å². The SMILES string of the molecule is COC(=O)C1(C(=O)N2C[C@@H]3C[C@H](C2)c2ccc(CN4CCCC4)c(=O)n2C3)CC1. The Morgan fingerprint density at radius 1 is 1.14 bits per heavy atom. The van der Waals surface area contributed by atoms with Crippen LogP contribution in [-0.2, 0) is 27.4 Å². The van der Waals surface area contributed by atoms with Crippen LogP contribution in [0.25, 0.3) is 0 Å². The molecular weight excluding hydrogens is 370 g/mol. The van der Waals surface area contributed by atoms with Crippen molar-refractivity contribution in [3.05, 3.63) is 33.7 Å². The average Bonchev–Trinajstić information content (AvgIpc) is 3.38. The van der Waals surface area contributed by atoms with Gasteiger partial charge >= 0.3 is 5.97 Å². The molecule has 0 aromatic carbocycles. The number of carbonyl (C=O) groups excluding carboxylic acids is 2. The molecule has 1 aliphatic carbocycles. The first kappa shape index (κ1) is 18.9. The number of fused-ring (bicyclic) bond motifs is 4. The van der Waals surface area contributed by atoms with Gasteiger partial charge < -0.3 is 14.2 Å². The maximum Gasteiger partial charge on any atom is 0.321 e. The van der Waals surface area contributed by atoms with Crippen molar-refractivity contribution in [2.45, 2.75) is 51.1 Å². The smallest absolute Gasteiger partial charge is 0.321 e. The number of methoxy groups -OCH3 is 1. The van der Waals surface area contributed by atoms with Gasteiger partial charge in [0.15, 0.2) is 0 Å². The van der Waals surface area contributed by atoms with Crippen LogP contribution in [0.1, 0.15) is 49.3 Å². The highest BCUT2D eigenvalue weighted by Gasteiger charge is 2.60. The number of nitrogens with zero attached hydrogens (tertiary/aromatic N) is 3. The number of likely N-dealkylation sites (tertiary alicyclic amines) is 2. The van der Waals surface area contributed by atoms with Crippen LogP contribution in [0.4, 0.5) is 0 Å². The van der Waals surface area contributed by atoms with Crippen molar-refractivity contribution in [2.75, 3.05) is 33.3 Å². The Morgan fingerprint density at radius 2 is 1.90 bits per heavy atom. The van der Waals surface area contributed by atoms with E-state index in [1.807, 2.05) is 15.5 Å². The van der Waals surface area contributed by atoms with Crippen molar-refractivity contribution >= 4 is 11.9 Å². The minimum atomic E-state index is -0.945. The molecule has 3 aliphatic heterocycles. The lowest BCUT2D eigenvalue weighted by Gasteiger charge is -2.43. The summed E-state index contributed by atoms with van der Waals surface area (Å²) in [4.78, 5) is 42.6. The van der Waals surface area contributed by atoms with Gasteiger partial charge in [-0.1, -0.05) is 6.07 Å². The molecule has 4 aliphatic rings. The van der Waals surface area contributed by atoms with Crippen LogP contribution in [-0.4, -0.2) is 59.5 Å². The molecular formula is C22H29N3O4. The molecule has 5 rings (SSSR count). The van der Waals surface area contributed by atoms with E-state index in [2.05, 4.69) is 11.0 Å². The Hall–Kier alpha value is -2.15. The van der Waals surface area contributed by atoms with E-state index >= 15 is 0 Å². The van der Waals surface area contributed by atoms with Crippen LogP contribution in [0, 0.1) is 11.3 Å². The molecule has 1 aromatic rings. The van der Waals surface area contributed by atoms with Crippen molar-refractivity contribution in [2.24, 2.45) is 11.3 Å². The fourth-order valence-electron chi connectivity index (χ4n) is 5.59. The molecule has 7 heteroatoms. The molecule has 1 amide bonds. The summed E-state index contributed by atoms with van der Waals surface area (Å²) in [7, 11) is 1.35. The number of aromatic nitrogens is 1. The molecule has 0 unspecified atom stereocenters. The van der Waals surface area contributed by atoms with Gasteiger partial charge in [0.1, 0.15) is 5.41 Å². The third-order valence-electron chi connectivity index (χ3n) is 7.30. The number of rotatable bonds is 4. The van der Waals surface area contributed by atoms with Gasteiger partial charge in [-0.3, -0.25) is 19.3 Å². The van der Waals surface area contributed by atoms with Gasteiger partial charge in [-0.15, -0.1) is 0 Å². The van der Waals surface area contributed by atoms with Gasteiger partial charge in [-0.2, -0.15) is 0 Å². The van der Waals surface area contributed by atoms with Crippen molar-refractivity contribution in [1.82, 2.24) is 14.4 Å². The minimum absolute atomic E-state index is 0.0829. The highest BCUT2D eigenvalue weighted by Crippen LogP contribution is 2.49. The molecule has 4 heterocycles. The largest absolute Gasteiger partial charge is 0.468 e. The van der Waals surface area contributed by atoms with Crippen molar-refractivity contribution < 1.29 is 14.3 Å². The lowest BCUT2D eigenvalue weighted by atomic mass is 9.82. The third-order valence-corrected chi connectivity index (χ3v) is 7.30. The summed E-state index contributed by atoms with van der Waals surface area (Å²) in [6.07, 6.45) is 4.60. The van der Waals surface area contributed by atoms with E-state index in [0.29, 0.717) is 32.5 Å². The number of pyridine rings is 1. The number of piperidine rings is 1. The molecule has 156 valence electrons. The van der Waals surface area contributed by atoms with Gasteiger partial charge in [-0.05, 0) is 57.2 Å². The molecule has 2 bridgehead atoms. The van der Waals surface area contributed by atoms with Gasteiger partial charge in [0.2, 0.25) is 5.91 Å². The third kappa shape index (κ3) is 3.10.